The Morgan fingerprint density at radius 2 is 1.62 bits per heavy atom. The van der Waals surface area contributed by atoms with E-state index in [9.17, 15) is 24.0 Å². The summed E-state index contributed by atoms with van der Waals surface area (Å²) < 4.78 is 6.67. The fraction of sp³-hybridized carbons (Fsp3) is 0.432. The molecule has 2 aromatic carbocycles. The van der Waals surface area contributed by atoms with Gasteiger partial charge < -0.3 is 24.8 Å². The Hall–Kier alpha value is -4.73. The molecule has 0 spiro atoms. The van der Waals surface area contributed by atoms with Gasteiger partial charge in [-0.15, -0.1) is 0 Å². The molecule has 10 heteroatoms. The molecular weight excluding hydrogens is 596 g/mol. The number of aromatic nitrogens is 1. The molecule has 2 heterocycles. The van der Waals surface area contributed by atoms with Gasteiger partial charge in [-0.25, -0.2) is 4.79 Å². The van der Waals surface area contributed by atoms with Gasteiger partial charge in [0.15, 0.2) is 0 Å². The van der Waals surface area contributed by atoms with E-state index in [2.05, 4.69) is 10.6 Å². The summed E-state index contributed by atoms with van der Waals surface area (Å²) in [5.74, 6) is -1.81. The van der Waals surface area contributed by atoms with Crippen LogP contribution >= 0.6 is 0 Å². The van der Waals surface area contributed by atoms with Crippen LogP contribution in [0.3, 0.4) is 0 Å². The molecule has 0 radical (unpaired) electrons. The number of piperidine rings is 1. The standard InChI is InChI=1S/C37H44N4O6/c1-5-47-35(45)31(24(2)3)39-36(46)37(25-12-7-6-8-13-25)20-17-28(27-14-9-10-16-30(27)37)34(44)41-22-18-26(19-23-41)38-32(42)29-15-11-21-40(4)33(29)43/h6-16,21,24,26,28,31H,5,17-20,22-23H2,1-4H3,(H,38,42)(H,39,46)/t28-,31+,37+/m0/s1. The number of benzene rings is 2. The van der Waals surface area contributed by atoms with E-state index >= 15 is 0 Å². The first-order valence-electron chi connectivity index (χ1n) is 16.5. The Balaban J connectivity index is 1.37. The van der Waals surface area contributed by atoms with Crippen LogP contribution in [0.5, 0.6) is 0 Å². The number of carbonyl (C=O) groups is 4. The summed E-state index contributed by atoms with van der Waals surface area (Å²) in [5, 5.41) is 6.00. The second-order valence-electron chi connectivity index (χ2n) is 12.8. The Kier molecular flexibility index (Phi) is 10.3. The number of nitrogens with one attached hydrogen (secondary N) is 2. The Labute approximate surface area is 275 Å². The van der Waals surface area contributed by atoms with E-state index in [1.165, 1.54) is 10.6 Å². The first kappa shape index (κ1) is 33.6. The molecule has 0 bridgehead atoms. The summed E-state index contributed by atoms with van der Waals surface area (Å²) in [6, 6.07) is 19.4. The van der Waals surface area contributed by atoms with Gasteiger partial charge in [0.2, 0.25) is 11.8 Å². The molecule has 3 aromatic rings. The number of fused-ring (bicyclic) bond motifs is 1. The number of aryl methyl sites for hydroxylation is 1. The van der Waals surface area contributed by atoms with Crippen molar-refractivity contribution in [2.24, 2.45) is 13.0 Å². The lowest BCUT2D eigenvalue weighted by molar-refractivity contribution is -0.149. The summed E-state index contributed by atoms with van der Waals surface area (Å²) >= 11 is 0. The lowest BCUT2D eigenvalue weighted by Gasteiger charge is -2.43. The third-order valence-electron chi connectivity index (χ3n) is 9.56. The number of amides is 3. The van der Waals surface area contributed by atoms with Crippen molar-refractivity contribution in [1.82, 2.24) is 20.1 Å². The molecule has 10 nitrogen and oxygen atoms in total. The third kappa shape index (κ3) is 6.73. The number of pyridine rings is 1. The first-order valence-corrected chi connectivity index (χ1v) is 16.5. The summed E-state index contributed by atoms with van der Waals surface area (Å²) in [6.07, 6.45) is 3.56. The van der Waals surface area contributed by atoms with Gasteiger partial charge in [0.25, 0.3) is 11.5 Å². The fourth-order valence-corrected chi connectivity index (χ4v) is 6.98. The predicted molar refractivity (Wildman–Crippen MR) is 178 cm³/mol. The van der Waals surface area contributed by atoms with Crippen molar-refractivity contribution in [2.45, 2.75) is 69.9 Å². The van der Waals surface area contributed by atoms with Crippen molar-refractivity contribution >= 4 is 23.7 Å². The number of rotatable bonds is 9. The first-order chi connectivity index (χ1) is 22.6. The van der Waals surface area contributed by atoms with Crippen molar-refractivity contribution in [3.63, 3.8) is 0 Å². The summed E-state index contributed by atoms with van der Waals surface area (Å²) in [4.78, 5) is 68.5. The van der Waals surface area contributed by atoms with Crippen molar-refractivity contribution in [3.05, 3.63) is 106 Å². The molecule has 47 heavy (non-hydrogen) atoms. The Morgan fingerprint density at radius 1 is 0.936 bits per heavy atom. The van der Waals surface area contributed by atoms with Crippen LogP contribution < -0.4 is 16.2 Å². The molecular formula is C37H44N4O6. The monoisotopic (exact) mass is 640 g/mol. The van der Waals surface area contributed by atoms with E-state index in [0.717, 1.165) is 16.7 Å². The number of carbonyl (C=O) groups excluding carboxylic acids is 4. The maximum Gasteiger partial charge on any atom is 0.328 e. The molecule has 2 N–H and O–H groups in total. The van der Waals surface area contributed by atoms with E-state index in [1.54, 1.807) is 26.2 Å². The topological polar surface area (TPSA) is 127 Å². The molecule has 248 valence electrons. The minimum atomic E-state index is -1.11. The van der Waals surface area contributed by atoms with Gasteiger partial charge in [-0.05, 0) is 67.3 Å². The van der Waals surface area contributed by atoms with Crippen LogP contribution in [0.4, 0.5) is 0 Å². The van der Waals surface area contributed by atoms with Crippen molar-refractivity contribution in [2.75, 3.05) is 19.7 Å². The van der Waals surface area contributed by atoms with E-state index < -0.39 is 29.3 Å². The van der Waals surface area contributed by atoms with Gasteiger partial charge in [-0.1, -0.05) is 68.4 Å². The van der Waals surface area contributed by atoms with Crippen LogP contribution in [0, 0.1) is 5.92 Å². The maximum absolute atomic E-state index is 14.5. The van der Waals surface area contributed by atoms with Crippen LogP contribution in [0.2, 0.25) is 0 Å². The average molecular weight is 641 g/mol. The zero-order valence-corrected chi connectivity index (χ0v) is 27.5. The van der Waals surface area contributed by atoms with Crippen LogP contribution in [0.15, 0.2) is 77.7 Å². The van der Waals surface area contributed by atoms with Gasteiger partial charge in [0.1, 0.15) is 11.6 Å². The largest absolute Gasteiger partial charge is 0.464 e. The van der Waals surface area contributed by atoms with Gasteiger partial charge in [-0.3, -0.25) is 19.2 Å². The van der Waals surface area contributed by atoms with E-state index in [4.69, 9.17) is 4.74 Å². The van der Waals surface area contributed by atoms with E-state index in [-0.39, 0.29) is 41.5 Å². The molecule has 1 saturated heterocycles. The average Bonchev–Trinajstić information content (AvgIpc) is 3.08. The Morgan fingerprint density at radius 3 is 2.30 bits per heavy atom. The quantitative estimate of drug-likeness (QED) is 0.344. The highest BCUT2D eigenvalue weighted by Gasteiger charge is 2.50. The molecule has 3 atom stereocenters. The molecule has 3 amide bonds. The van der Waals surface area contributed by atoms with Crippen LogP contribution in [0.25, 0.3) is 0 Å². The van der Waals surface area contributed by atoms with Crippen LogP contribution in [0.1, 0.15) is 79.4 Å². The number of nitrogens with zero attached hydrogens (tertiary/aromatic N) is 2. The fourth-order valence-electron chi connectivity index (χ4n) is 6.98. The molecule has 5 rings (SSSR count). The lowest BCUT2D eigenvalue weighted by Crippen LogP contribution is -2.55. The second-order valence-corrected chi connectivity index (χ2v) is 12.8. The summed E-state index contributed by atoms with van der Waals surface area (Å²) in [7, 11) is 1.61. The van der Waals surface area contributed by atoms with Crippen molar-refractivity contribution in [1.29, 1.82) is 0 Å². The van der Waals surface area contributed by atoms with Crippen LogP contribution in [-0.4, -0.2) is 64.9 Å². The zero-order valence-electron chi connectivity index (χ0n) is 27.5. The van der Waals surface area contributed by atoms with Crippen molar-refractivity contribution in [3.8, 4) is 0 Å². The second kappa shape index (κ2) is 14.4. The van der Waals surface area contributed by atoms with Gasteiger partial charge >= 0.3 is 5.97 Å². The molecule has 2 aliphatic rings. The SMILES string of the molecule is CCOC(=O)[C@H](NC(=O)[C@@]1(c2ccccc2)CC[C@H](C(=O)N2CCC(NC(=O)c3cccn(C)c3=O)CC2)c2ccccc21)C(C)C. The molecule has 1 aliphatic heterocycles. The number of ether oxygens (including phenoxy) is 1. The minimum absolute atomic E-state index is 0.00666. The summed E-state index contributed by atoms with van der Waals surface area (Å²) in [5.41, 5.74) is 0.989. The smallest absolute Gasteiger partial charge is 0.328 e. The zero-order chi connectivity index (χ0) is 33.7. The van der Waals surface area contributed by atoms with Gasteiger partial charge in [0.05, 0.1) is 17.9 Å². The van der Waals surface area contributed by atoms with E-state index in [1.807, 2.05) is 73.3 Å². The summed E-state index contributed by atoms with van der Waals surface area (Å²) in [6.45, 7) is 6.63. The molecule has 1 aromatic heterocycles. The normalized spacial score (nSPS) is 20.2. The molecule has 1 fully saturated rings. The van der Waals surface area contributed by atoms with Crippen LogP contribution in [-0.2, 0) is 31.6 Å². The predicted octanol–water partition coefficient (Wildman–Crippen LogP) is 3.67. The highest BCUT2D eigenvalue weighted by Crippen LogP contribution is 2.48. The van der Waals surface area contributed by atoms with Crippen molar-refractivity contribution < 1.29 is 23.9 Å². The Bertz CT molecular complexity index is 1680. The molecule has 0 unspecified atom stereocenters. The number of hydrogen-bond donors (Lipinski definition) is 2. The lowest BCUT2D eigenvalue weighted by atomic mass is 9.62. The van der Waals surface area contributed by atoms with Gasteiger partial charge in [-0.2, -0.15) is 0 Å². The highest BCUT2D eigenvalue weighted by atomic mass is 16.5. The minimum Gasteiger partial charge on any atom is -0.464 e. The number of likely N-dealkylation sites (tertiary alicyclic amines) is 1. The molecule has 1 aliphatic carbocycles. The third-order valence-corrected chi connectivity index (χ3v) is 9.56. The number of hydrogen-bond acceptors (Lipinski definition) is 6. The van der Waals surface area contributed by atoms with Gasteiger partial charge in [0, 0.05) is 32.4 Å². The number of esters is 1. The maximum atomic E-state index is 14.5. The molecule has 0 saturated carbocycles. The highest BCUT2D eigenvalue weighted by molar-refractivity contribution is 5.97. The van der Waals surface area contributed by atoms with E-state index in [0.29, 0.717) is 38.8 Å².